The van der Waals surface area contributed by atoms with Crippen LogP contribution in [0.3, 0.4) is 0 Å². The average Bonchev–Trinajstić information content (AvgIpc) is 2.90. The Kier molecular flexibility index (Phi) is 4.53. The molecule has 2 rings (SSSR count). The molecule has 0 saturated carbocycles. The van der Waals surface area contributed by atoms with Gasteiger partial charge >= 0.3 is 5.97 Å². The van der Waals surface area contributed by atoms with E-state index in [2.05, 4.69) is 10.4 Å². The molecular formula is C12H15N3O6. The van der Waals surface area contributed by atoms with E-state index in [0.29, 0.717) is 12.8 Å². The zero-order chi connectivity index (χ0) is 15.4. The molecule has 21 heavy (non-hydrogen) atoms. The van der Waals surface area contributed by atoms with Gasteiger partial charge in [0.1, 0.15) is 6.54 Å². The van der Waals surface area contributed by atoms with E-state index in [-0.39, 0.29) is 19.2 Å². The lowest BCUT2D eigenvalue weighted by Crippen LogP contribution is -2.39. The maximum Gasteiger partial charge on any atom is 0.332 e. The van der Waals surface area contributed by atoms with Crippen LogP contribution in [0.1, 0.15) is 12.8 Å². The molecule has 2 unspecified atom stereocenters. The Morgan fingerprint density at radius 1 is 1.38 bits per heavy atom. The molecule has 0 aromatic carbocycles. The van der Waals surface area contributed by atoms with Gasteiger partial charge < -0.3 is 15.2 Å². The highest BCUT2D eigenvalue weighted by atomic mass is 16.5. The summed E-state index contributed by atoms with van der Waals surface area (Å²) in [4.78, 5) is 44.9. The van der Waals surface area contributed by atoms with Crippen LogP contribution in [0.4, 0.5) is 0 Å². The van der Waals surface area contributed by atoms with Crippen LogP contribution in [0, 0.1) is 0 Å². The lowest BCUT2D eigenvalue weighted by molar-refractivity contribution is -0.149. The largest absolute Gasteiger partial charge is 0.479 e. The molecule has 1 amide bonds. The fourth-order valence-corrected chi connectivity index (χ4v) is 2.04. The molecule has 9 nitrogen and oxygen atoms in total. The Morgan fingerprint density at radius 3 is 2.81 bits per heavy atom. The zero-order valence-electron chi connectivity index (χ0n) is 11.1. The molecule has 0 spiro atoms. The number of amides is 1. The van der Waals surface area contributed by atoms with Gasteiger partial charge in [0.15, 0.2) is 6.10 Å². The Labute approximate surface area is 118 Å². The number of H-pyrrole nitrogens is 1. The van der Waals surface area contributed by atoms with Crippen molar-refractivity contribution >= 4 is 11.9 Å². The smallest absolute Gasteiger partial charge is 0.332 e. The predicted octanol–water partition coefficient (Wildman–Crippen LogP) is -1.71. The van der Waals surface area contributed by atoms with E-state index >= 15 is 0 Å². The van der Waals surface area contributed by atoms with Gasteiger partial charge in [-0.2, -0.15) is 0 Å². The Bertz CT molecular complexity index is 649. The molecule has 1 saturated heterocycles. The first kappa shape index (κ1) is 15.0. The molecule has 2 atom stereocenters. The molecule has 9 heteroatoms. The summed E-state index contributed by atoms with van der Waals surface area (Å²) in [5, 5.41) is 13.6. The first-order chi connectivity index (χ1) is 9.95. The highest BCUT2D eigenvalue weighted by molar-refractivity contribution is 5.75. The topological polar surface area (TPSA) is 130 Å². The summed E-state index contributed by atoms with van der Waals surface area (Å²) in [7, 11) is 0. The van der Waals surface area contributed by atoms with Crippen LogP contribution < -0.4 is 16.4 Å². The van der Waals surface area contributed by atoms with Gasteiger partial charge in [-0.15, -0.1) is 0 Å². The fourth-order valence-electron chi connectivity index (χ4n) is 2.04. The van der Waals surface area contributed by atoms with E-state index in [1.54, 1.807) is 0 Å². The summed E-state index contributed by atoms with van der Waals surface area (Å²) < 4.78 is 6.12. The standard InChI is InChI=1S/C12H15N3O6/c16-9-3-4-11(18)15(14-9)6-10(17)13-5-7-1-2-8(21-7)12(19)20/h3-4,7-8H,1-2,5-6H2,(H,13,17)(H,14,16)(H,19,20). The van der Waals surface area contributed by atoms with Crippen LogP contribution >= 0.6 is 0 Å². The van der Waals surface area contributed by atoms with Gasteiger partial charge in [-0.1, -0.05) is 0 Å². The number of carboxylic acids is 1. The normalized spacial score (nSPS) is 21.1. The number of aromatic amines is 1. The first-order valence-corrected chi connectivity index (χ1v) is 6.41. The molecule has 0 bridgehead atoms. The SMILES string of the molecule is O=C(Cn1[nH]c(=O)ccc1=O)NCC1CCC(C(=O)O)O1. The van der Waals surface area contributed by atoms with Crippen molar-refractivity contribution in [3.8, 4) is 0 Å². The van der Waals surface area contributed by atoms with Gasteiger partial charge in [-0.25, -0.2) is 9.48 Å². The molecule has 0 radical (unpaired) electrons. The fraction of sp³-hybridized carbons (Fsp3) is 0.500. The molecule has 2 heterocycles. The number of carbonyl (C=O) groups is 2. The second kappa shape index (κ2) is 6.35. The average molecular weight is 297 g/mol. The van der Waals surface area contributed by atoms with E-state index in [1.807, 2.05) is 0 Å². The van der Waals surface area contributed by atoms with Gasteiger partial charge in [0.25, 0.3) is 11.1 Å². The van der Waals surface area contributed by atoms with E-state index in [4.69, 9.17) is 9.84 Å². The Balaban J connectivity index is 1.83. The Hall–Kier alpha value is -2.42. The van der Waals surface area contributed by atoms with Gasteiger partial charge in [-0.3, -0.25) is 19.5 Å². The third kappa shape index (κ3) is 4.02. The maximum atomic E-state index is 11.7. The zero-order valence-corrected chi connectivity index (χ0v) is 11.1. The minimum Gasteiger partial charge on any atom is -0.479 e. The minimum atomic E-state index is -1.02. The van der Waals surface area contributed by atoms with Gasteiger partial charge in [0.2, 0.25) is 5.91 Å². The molecule has 1 fully saturated rings. The van der Waals surface area contributed by atoms with Gasteiger partial charge in [-0.05, 0) is 12.8 Å². The van der Waals surface area contributed by atoms with E-state index in [9.17, 15) is 19.2 Å². The first-order valence-electron chi connectivity index (χ1n) is 6.41. The van der Waals surface area contributed by atoms with Crippen molar-refractivity contribution < 1.29 is 19.4 Å². The number of hydrogen-bond acceptors (Lipinski definition) is 5. The highest BCUT2D eigenvalue weighted by Crippen LogP contribution is 2.19. The number of rotatable bonds is 5. The predicted molar refractivity (Wildman–Crippen MR) is 69.9 cm³/mol. The van der Waals surface area contributed by atoms with Crippen molar-refractivity contribution in [2.45, 2.75) is 31.6 Å². The quantitative estimate of drug-likeness (QED) is 0.593. The third-order valence-electron chi connectivity index (χ3n) is 3.10. The maximum absolute atomic E-state index is 11.7. The summed E-state index contributed by atoms with van der Waals surface area (Å²) in [6, 6.07) is 2.15. The molecule has 114 valence electrons. The number of nitrogens with one attached hydrogen (secondary N) is 2. The van der Waals surface area contributed by atoms with Crippen molar-refractivity contribution in [2.24, 2.45) is 0 Å². The van der Waals surface area contributed by atoms with Crippen LogP contribution in [-0.2, 0) is 20.9 Å². The second-order valence-electron chi connectivity index (χ2n) is 4.70. The summed E-state index contributed by atoms with van der Waals surface area (Å²) in [5.41, 5.74) is -0.973. The molecule has 1 aliphatic heterocycles. The summed E-state index contributed by atoms with van der Waals surface area (Å²) in [6.45, 7) is -0.154. The molecule has 1 aliphatic rings. The number of aromatic nitrogens is 2. The monoisotopic (exact) mass is 297 g/mol. The van der Waals surface area contributed by atoms with Crippen LogP contribution in [0.2, 0.25) is 0 Å². The second-order valence-corrected chi connectivity index (χ2v) is 4.70. The Morgan fingerprint density at radius 2 is 2.14 bits per heavy atom. The molecular weight excluding hydrogens is 282 g/mol. The summed E-state index contributed by atoms with van der Waals surface area (Å²) in [6.07, 6.45) is -0.248. The van der Waals surface area contributed by atoms with Crippen molar-refractivity contribution in [3.63, 3.8) is 0 Å². The van der Waals surface area contributed by atoms with Crippen LogP contribution in [-0.4, -0.2) is 45.5 Å². The van der Waals surface area contributed by atoms with Crippen LogP contribution in [0.15, 0.2) is 21.7 Å². The van der Waals surface area contributed by atoms with Crippen molar-refractivity contribution in [2.75, 3.05) is 6.54 Å². The summed E-state index contributed by atoms with van der Waals surface area (Å²) >= 11 is 0. The van der Waals surface area contributed by atoms with Crippen molar-refractivity contribution in [1.82, 2.24) is 15.1 Å². The van der Waals surface area contributed by atoms with Crippen LogP contribution in [0.5, 0.6) is 0 Å². The van der Waals surface area contributed by atoms with Crippen molar-refractivity contribution in [3.05, 3.63) is 32.8 Å². The molecule has 1 aromatic heterocycles. The lowest BCUT2D eigenvalue weighted by atomic mass is 10.2. The minimum absolute atomic E-state index is 0.161. The van der Waals surface area contributed by atoms with Crippen molar-refractivity contribution in [1.29, 1.82) is 0 Å². The number of carboxylic acid groups (broad SMARTS) is 1. The number of carbonyl (C=O) groups excluding carboxylic acids is 1. The molecule has 1 aromatic rings. The van der Waals surface area contributed by atoms with E-state index in [1.165, 1.54) is 0 Å². The highest BCUT2D eigenvalue weighted by Gasteiger charge is 2.30. The van der Waals surface area contributed by atoms with Crippen LogP contribution in [0.25, 0.3) is 0 Å². The van der Waals surface area contributed by atoms with Gasteiger partial charge in [0.05, 0.1) is 6.10 Å². The number of hydrogen-bond donors (Lipinski definition) is 3. The van der Waals surface area contributed by atoms with E-state index in [0.717, 1.165) is 16.8 Å². The molecule has 0 aliphatic carbocycles. The van der Waals surface area contributed by atoms with Gasteiger partial charge in [0, 0.05) is 18.7 Å². The number of aliphatic carboxylic acids is 1. The molecule has 3 N–H and O–H groups in total. The lowest BCUT2D eigenvalue weighted by Gasteiger charge is -2.12. The number of nitrogens with zero attached hydrogens (tertiary/aromatic N) is 1. The number of ether oxygens (including phenoxy) is 1. The summed E-state index contributed by atoms with van der Waals surface area (Å²) in [5.74, 6) is -1.49. The third-order valence-corrected chi connectivity index (χ3v) is 3.10. The van der Waals surface area contributed by atoms with E-state index < -0.39 is 29.1 Å².